The molecule has 0 aliphatic carbocycles. The van der Waals surface area contributed by atoms with Gasteiger partial charge in [0.2, 0.25) is 5.91 Å². The number of carbonyl (C=O) groups excluding carboxylic acids is 2. The summed E-state index contributed by atoms with van der Waals surface area (Å²) in [5.41, 5.74) is 1.25. The fraction of sp³-hybridized carbons (Fsp3) is 0.385. The van der Waals surface area contributed by atoms with Crippen molar-refractivity contribution in [3.8, 4) is 5.75 Å². The molecule has 0 aliphatic rings. The molecular formula is C13H17NO3S. The van der Waals surface area contributed by atoms with Crippen molar-refractivity contribution < 1.29 is 14.7 Å². The number of phenolic OH excluding ortho intramolecular Hbond substituents is 1. The molecule has 98 valence electrons. The Morgan fingerprint density at radius 2 is 2.11 bits per heavy atom. The molecule has 0 bridgehead atoms. The minimum Gasteiger partial charge on any atom is -0.508 e. The van der Waals surface area contributed by atoms with Crippen molar-refractivity contribution in [1.29, 1.82) is 0 Å². The average molecular weight is 267 g/mol. The molecule has 0 unspecified atom stereocenters. The minimum absolute atomic E-state index is 0.0234. The van der Waals surface area contributed by atoms with Crippen LogP contribution in [0.5, 0.6) is 5.75 Å². The van der Waals surface area contributed by atoms with Crippen LogP contribution in [0.2, 0.25) is 0 Å². The molecule has 1 rings (SSSR count). The van der Waals surface area contributed by atoms with E-state index >= 15 is 0 Å². The first-order valence-corrected chi connectivity index (χ1v) is 6.87. The Labute approximate surface area is 111 Å². The molecular weight excluding hydrogens is 250 g/mol. The van der Waals surface area contributed by atoms with Crippen LogP contribution in [0.1, 0.15) is 29.8 Å². The maximum Gasteiger partial charge on any atom is 0.229 e. The van der Waals surface area contributed by atoms with Gasteiger partial charge < -0.3 is 10.4 Å². The number of rotatable bonds is 6. The van der Waals surface area contributed by atoms with E-state index in [1.807, 2.05) is 6.92 Å². The summed E-state index contributed by atoms with van der Waals surface area (Å²) in [4.78, 5) is 22.5. The second-order valence-corrected chi connectivity index (χ2v) is 4.83. The van der Waals surface area contributed by atoms with Gasteiger partial charge in [0.15, 0.2) is 5.78 Å². The van der Waals surface area contributed by atoms with Crippen LogP contribution in [0, 0.1) is 0 Å². The van der Waals surface area contributed by atoms with Gasteiger partial charge >= 0.3 is 0 Å². The van der Waals surface area contributed by atoms with Gasteiger partial charge in [0, 0.05) is 23.4 Å². The van der Waals surface area contributed by atoms with Crippen LogP contribution in [0.4, 0.5) is 0 Å². The molecule has 1 amide bonds. The van der Waals surface area contributed by atoms with Crippen LogP contribution in [0.15, 0.2) is 18.2 Å². The van der Waals surface area contributed by atoms with Gasteiger partial charge in [-0.3, -0.25) is 9.59 Å². The number of ketones is 1. The monoisotopic (exact) mass is 267 g/mol. The molecule has 1 aromatic rings. The van der Waals surface area contributed by atoms with E-state index in [9.17, 15) is 14.7 Å². The summed E-state index contributed by atoms with van der Waals surface area (Å²) < 4.78 is 0. The molecule has 1 aromatic carbocycles. The lowest BCUT2D eigenvalue weighted by molar-refractivity contribution is -0.118. The molecule has 0 radical (unpaired) electrons. The summed E-state index contributed by atoms with van der Waals surface area (Å²) >= 11 is 1.41. The number of nitrogens with one attached hydrogen (secondary N) is 1. The summed E-state index contributed by atoms with van der Waals surface area (Å²) in [7, 11) is 0. The van der Waals surface area contributed by atoms with E-state index in [-0.39, 0.29) is 17.4 Å². The zero-order valence-electron chi connectivity index (χ0n) is 10.5. The summed E-state index contributed by atoms with van der Waals surface area (Å²) in [6.45, 7) is 3.97. The number of phenols is 1. The van der Waals surface area contributed by atoms with Crippen LogP contribution in [-0.4, -0.2) is 29.1 Å². The van der Waals surface area contributed by atoms with E-state index in [1.165, 1.54) is 24.8 Å². The highest BCUT2D eigenvalue weighted by Gasteiger charge is 2.07. The molecule has 0 fully saturated rings. The number of aromatic hydroxyl groups is 1. The van der Waals surface area contributed by atoms with E-state index < -0.39 is 0 Å². The molecule has 5 heteroatoms. The Morgan fingerprint density at radius 1 is 1.39 bits per heavy atom. The largest absolute Gasteiger partial charge is 0.508 e. The second-order valence-electron chi connectivity index (χ2n) is 3.85. The number of hydrogen-bond acceptors (Lipinski definition) is 4. The van der Waals surface area contributed by atoms with E-state index in [1.54, 1.807) is 12.1 Å². The van der Waals surface area contributed by atoms with Crippen LogP contribution >= 0.6 is 11.8 Å². The van der Waals surface area contributed by atoms with Crippen molar-refractivity contribution in [3.63, 3.8) is 0 Å². The van der Waals surface area contributed by atoms with Gasteiger partial charge in [0.25, 0.3) is 0 Å². The fourth-order valence-corrected chi connectivity index (χ4v) is 2.26. The Hall–Kier alpha value is -1.49. The fourth-order valence-electron chi connectivity index (χ4n) is 1.42. The minimum atomic E-state index is -0.0371. The normalized spacial score (nSPS) is 10.1. The van der Waals surface area contributed by atoms with Crippen LogP contribution in [0.3, 0.4) is 0 Å². The van der Waals surface area contributed by atoms with Gasteiger partial charge in [-0.2, -0.15) is 0 Å². The Bertz CT molecular complexity index is 446. The summed E-state index contributed by atoms with van der Waals surface area (Å²) in [5, 5.41) is 12.4. The maximum absolute atomic E-state index is 11.2. The summed E-state index contributed by atoms with van der Waals surface area (Å²) in [6.07, 6.45) is 0. The number of benzene rings is 1. The van der Waals surface area contributed by atoms with E-state index in [0.717, 1.165) is 0 Å². The van der Waals surface area contributed by atoms with Crippen molar-refractivity contribution in [3.05, 3.63) is 29.3 Å². The van der Waals surface area contributed by atoms with Crippen LogP contribution in [0.25, 0.3) is 0 Å². The van der Waals surface area contributed by atoms with Crippen molar-refractivity contribution >= 4 is 23.5 Å². The Kier molecular flexibility index (Phi) is 5.71. The molecule has 2 N–H and O–H groups in total. The SMILES string of the molecule is CCNC(=O)CSCc1cc(C(C)=O)ccc1O. The molecule has 4 nitrogen and oxygen atoms in total. The van der Waals surface area contributed by atoms with Crippen molar-refractivity contribution in [1.82, 2.24) is 5.32 Å². The smallest absolute Gasteiger partial charge is 0.229 e. The van der Waals surface area contributed by atoms with Gasteiger partial charge in [0.1, 0.15) is 5.75 Å². The predicted octanol–water partition coefficient (Wildman–Crippen LogP) is 1.96. The lowest BCUT2D eigenvalue weighted by Gasteiger charge is -2.06. The first kappa shape index (κ1) is 14.6. The Balaban J connectivity index is 2.58. The number of Topliss-reactive ketones (excluding diaryl/α,β-unsaturated/α-hetero) is 1. The summed E-state index contributed by atoms with van der Waals surface area (Å²) in [6, 6.07) is 4.77. The predicted molar refractivity (Wildman–Crippen MR) is 73.0 cm³/mol. The lowest BCUT2D eigenvalue weighted by Crippen LogP contribution is -2.24. The molecule has 0 spiro atoms. The molecule has 0 heterocycles. The molecule has 18 heavy (non-hydrogen) atoms. The number of hydrogen-bond donors (Lipinski definition) is 2. The lowest BCUT2D eigenvalue weighted by atomic mass is 10.1. The van der Waals surface area contributed by atoms with Gasteiger partial charge in [-0.05, 0) is 32.0 Å². The third-order valence-electron chi connectivity index (χ3n) is 2.35. The second kappa shape index (κ2) is 7.06. The van der Waals surface area contributed by atoms with Crippen molar-refractivity contribution in [2.75, 3.05) is 12.3 Å². The highest BCUT2D eigenvalue weighted by atomic mass is 32.2. The molecule has 0 saturated carbocycles. The molecule has 0 saturated heterocycles. The highest BCUT2D eigenvalue weighted by molar-refractivity contribution is 7.99. The van der Waals surface area contributed by atoms with E-state index in [2.05, 4.69) is 5.32 Å². The quantitative estimate of drug-likeness (QED) is 0.773. The number of carbonyl (C=O) groups is 2. The zero-order chi connectivity index (χ0) is 13.5. The first-order valence-electron chi connectivity index (χ1n) is 5.72. The van der Waals surface area contributed by atoms with E-state index in [0.29, 0.717) is 29.2 Å². The molecule has 0 aliphatic heterocycles. The summed E-state index contributed by atoms with van der Waals surface area (Å²) in [5.74, 6) is 0.944. The maximum atomic E-state index is 11.2. The van der Waals surface area contributed by atoms with Crippen molar-refractivity contribution in [2.45, 2.75) is 19.6 Å². The van der Waals surface area contributed by atoms with Gasteiger partial charge in [0.05, 0.1) is 5.75 Å². The third-order valence-corrected chi connectivity index (χ3v) is 3.33. The van der Waals surface area contributed by atoms with Gasteiger partial charge in [-0.15, -0.1) is 11.8 Å². The topological polar surface area (TPSA) is 66.4 Å². The number of thioether (sulfide) groups is 1. The van der Waals surface area contributed by atoms with Crippen LogP contribution in [-0.2, 0) is 10.5 Å². The van der Waals surface area contributed by atoms with Gasteiger partial charge in [-0.25, -0.2) is 0 Å². The Morgan fingerprint density at radius 3 is 2.72 bits per heavy atom. The highest BCUT2D eigenvalue weighted by Crippen LogP contribution is 2.23. The zero-order valence-corrected chi connectivity index (χ0v) is 11.3. The van der Waals surface area contributed by atoms with Crippen molar-refractivity contribution in [2.24, 2.45) is 0 Å². The van der Waals surface area contributed by atoms with E-state index in [4.69, 9.17) is 0 Å². The molecule has 0 aromatic heterocycles. The first-order chi connectivity index (χ1) is 8.54. The standard InChI is InChI=1S/C13H17NO3S/c1-3-14-13(17)8-18-7-11-6-10(9(2)15)4-5-12(11)16/h4-6,16H,3,7-8H2,1-2H3,(H,14,17). The van der Waals surface area contributed by atoms with Crippen LogP contribution < -0.4 is 5.32 Å². The van der Waals surface area contributed by atoms with Gasteiger partial charge in [-0.1, -0.05) is 0 Å². The third kappa shape index (κ3) is 4.41. The average Bonchev–Trinajstić information content (AvgIpc) is 2.31. The number of amides is 1. The molecule has 0 atom stereocenters.